The largest absolute Gasteiger partial charge is 0.398 e. The second-order valence-electron chi connectivity index (χ2n) is 3.16. The molecule has 2 rings (SSSR count). The lowest BCUT2D eigenvalue weighted by molar-refractivity contribution is 0.846. The Balaban J connectivity index is 2.29. The molecule has 0 fully saturated rings. The second kappa shape index (κ2) is 3.82. The maximum Gasteiger partial charge on any atom is 0.214 e. The van der Waals surface area contributed by atoms with E-state index in [0.29, 0.717) is 5.16 Å². The SMILES string of the molecule is Cc1ccc(Sc2nncn2N)c(N)c1. The summed E-state index contributed by atoms with van der Waals surface area (Å²) in [6.45, 7) is 2.00. The Labute approximate surface area is 91.5 Å². The van der Waals surface area contributed by atoms with Crippen molar-refractivity contribution < 1.29 is 0 Å². The van der Waals surface area contributed by atoms with Crippen molar-refractivity contribution in [2.24, 2.45) is 0 Å². The lowest BCUT2D eigenvalue weighted by atomic mass is 10.2. The standard InChI is InChI=1S/C9H11N5S/c1-6-2-3-8(7(10)4-6)15-9-13-12-5-14(9)11/h2-5H,10-11H2,1H3. The summed E-state index contributed by atoms with van der Waals surface area (Å²) >= 11 is 1.40. The lowest BCUT2D eigenvalue weighted by Crippen LogP contribution is -2.07. The highest BCUT2D eigenvalue weighted by Gasteiger charge is 2.06. The molecule has 0 aliphatic rings. The average molecular weight is 221 g/mol. The molecule has 1 aromatic heterocycles. The van der Waals surface area contributed by atoms with Gasteiger partial charge in [-0.15, -0.1) is 10.2 Å². The van der Waals surface area contributed by atoms with Crippen LogP contribution in [0.4, 0.5) is 5.69 Å². The molecule has 4 N–H and O–H groups in total. The maximum atomic E-state index is 5.87. The van der Waals surface area contributed by atoms with Crippen molar-refractivity contribution in [1.29, 1.82) is 0 Å². The number of aromatic nitrogens is 3. The van der Waals surface area contributed by atoms with E-state index in [2.05, 4.69) is 10.2 Å². The van der Waals surface area contributed by atoms with Gasteiger partial charge in [-0.25, -0.2) is 4.68 Å². The summed E-state index contributed by atoms with van der Waals surface area (Å²) in [5, 5.41) is 8.18. The molecule has 0 atom stereocenters. The van der Waals surface area contributed by atoms with E-state index in [0.717, 1.165) is 16.1 Å². The quantitative estimate of drug-likeness (QED) is 0.584. The number of benzene rings is 1. The van der Waals surface area contributed by atoms with Crippen LogP contribution in [0.2, 0.25) is 0 Å². The van der Waals surface area contributed by atoms with Gasteiger partial charge in [0.1, 0.15) is 6.33 Å². The molecule has 1 aromatic carbocycles. The number of hydrogen-bond acceptors (Lipinski definition) is 5. The van der Waals surface area contributed by atoms with Crippen molar-refractivity contribution >= 4 is 17.4 Å². The van der Waals surface area contributed by atoms with Crippen LogP contribution >= 0.6 is 11.8 Å². The molecule has 0 spiro atoms. The van der Waals surface area contributed by atoms with E-state index in [9.17, 15) is 0 Å². The van der Waals surface area contributed by atoms with E-state index in [1.54, 1.807) is 0 Å². The minimum absolute atomic E-state index is 0.616. The second-order valence-corrected chi connectivity index (χ2v) is 4.17. The van der Waals surface area contributed by atoms with Crippen molar-refractivity contribution in [3.05, 3.63) is 30.1 Å². The van der Waals surface area contributed by atoms with Crippen molar-refractivity contribution in [2.75, 3.05) is 11.6 Å². The summed E-state index contributed by atoms with van der Waals surface area (Å²) in [6, 6.07) is 5.86. The molecule has 78 valence electrons. The molecule has 6 heteroatoms. The van der Waals surface area contributed by atoms with Crippen LogP contribution in [-0.4, -0.2) is 14.9 Å². The van der Waals surface area contributed by atoms with Gasteiger partial charge in [0.2, 0.25) is 5.16 Å². The van der Waals surface area contributed by atoms with Crippen LogP contribution in [0.1, 0.15) is 5.56 Å². The summed E-state index contributed by atoms with van der Waals surface area (Å²) in [5.41, 5.74) is 7.72. The van der Waals surface area contributed by atoms with Crippen LogP contribution in [0.3, 0.4) is 0 Å². The zero-order valence-corrected chi connectivity index (χ0v) is 9.03. The van der Waals surface area contributed by atoms with Crippen LogP contribution in [0.15, 0.2) is 34.6 Å². The Bertz CT molecular complexity index is 479. The van der Waals surface area contributed by atoms with E-state index in [1.807, 2.05) is 25.1 Å². The Hall–Kier alpha value is -1.69. The first-order valence-corrected chi connectivity index (χ1v) is 5.17. The van der Waals surface area contributed by atoms with Gasteiger partial charge in [-0.05, 0) is 36.4 Å². The number of aryl methyl sites for hydroxylation is 1. The molecule has 0 saturated carbocycles. The van der Waals surface area contributed by atoms with Crippen LogP contribution in [-0.2, 0) is 0 Å². The fourth-order valence-corrected chi connectivity index (χ4v) is 1.91. The summed E-state index contributed by atoms with van der Waals surface area (Å²) in [6.07, 6.45) is 1.45. The monoisotopic (exact) mass is 221 g/mol. The van der Waals surface area contributed by atoms with Crippen LogP contribution in [0.25, 0.3) is 0 Å². The van der Waals surface area contributed by atoms with Crippen LogP contribution in [0, 0.1) is 6.92 Å². The smallest absolute Gasteiger partial charge is 0.214 e. The molecule has 0 amide bonds. The van der Waals surface area contributed by atoms with Crippen LogP contribution < -0.4 is 11.6 Å². The Morgan fingerprint density at radius 2 is 2.20 bits per heavy atom. The number of rotatable bonds is 2. The topological polar surface area (TPSA) is 82.8 Å². The molecule has 0 unspecified atom stereocenters. The summed E-state index contributed by atoms with van der Waals surface area (Å²) < 4.78 is 1.37. The van der Waals surface area contributed by atoms with Gasteiger partial charge in [-0.3, -0.25) is 0 Å². The normalized spacial score (nSPS) is 10.5. The van der Waals surface area contributed by atoms with Crippen LogP contribution in [0.5, 0.6) is 0 Å². The molecular weight excluding hydrogens is 210 g/mol. The number of hydrogen-bond donors (Lipinski definition) is 2. The lowest BCUT2D eigenvalue weighted by Gasteiger charge is -2.04. The summed E-state index contributed by atoms with van der Waals surface area (Å²) in [7, 11) is 0. The van der Waals surface area contributed by atoms with Gasteiger partial charge in [-0.1, -0.05) is 6.07 Å². The molecule has 0 aliphatic carbocycles. The molecule has 0 saturated heterocycles. The fourth-order valence-electron chi connectivity index (χ4n) is 1.16. The van der Waals surface area contributed by atoms with Gasteiger partial charge < -0.3 is 11.6 Å². The number of nitrogens with two attached hydrogens (primary N) is 2. The van der Waals surface area contributed by atoms with Gasteiger partial charge in [0.25, 0.3) is 0 Å². The minimum Gasteiger partial charge on any atom is -0.398 e. The zero-order valence-electron chi connectivity index (χ0n) is 8.21. The van der Waals surface area contributed by atoms with Crippen molar-refractivity contribution in [2.45, 2.75) is 17.0 Å². The Morgan fingerprint density at radius 3 is 2.80 bits per heavy atom. The molecule has 1 heterocycles. The Morgan fingerprint density at radius 1 is 1.40 bits per heavy atom. The number of nitrogen functional groups attached to an aromatic ring is 2. The molecule has 0 radical (unpaired) electrons. The third-order valence-electron chi connectivity index (χ3n) is 1.91. The van der Waals surface area contributed by atoms with Crippen molar-refractivity contribution in [1.82, 2.24) is 14.9 Å². The average Bonchev–Trinajstić information content (AvgIpc) is 2.57. The highest BCUT2D eigenvalue weighted by molar-refractivity contribution is 7.99. The molecular formula is C9H11N5S. The predicted octanol–water partition coefficient (Wildman–Crippen LogP) is 1.03. The van der Waals surface area contributed by atoms with E-state index < -0.39 is 0 Å². The fraction of sp³-hybridized carbons (Fsp3) is 0.111. The third kappa shape index (κ3) is 2.04. The number of anilines is 1. The minimum atomic E-state index is 0.616. The summed E-state index contributed by atoms with van der Waals surface area (Å²) in [4.78, 5) is 0.931. The summed E-state index contributed by atoms with van der Waals surface area (Å²) in [5.74, 6) is 5.60. The first-order chi connectivity index (χ1) is 7.16. The first kappa shape index (κ1) is 9.85. The predicted molar refractivity (Wildman–Crippen MR) is 59.9 cm³/mol. The van der Waals surface area contributed by atoms with Gasteiger partial charge in [-0.2, -0.15) is 0 Å². The molecule has 2 aromatic rings. The zero-order chi connectivity index (χ0) is 10.8. The van der Waals surface area contributed by atoms with Crippen molar-refractivity contribution in [3.63, 3.8) is 0 Å². The maximum absolute atomic E-state index is 5.87. The third-order valence-corrected chi connectivity index (χ3v) is 2.97. The van der Waals surface area contributed by atoms with Gasteiger partial charge in [0, 0.05) is 10.6 Å². The number of nitrogens with zero attached hydrogens (tertiary/aromatic N) is 3. The van der Waals surface area contributed by atoms with E-state index in [-0.39, 0.29) is 0 Å². The molecule has 15 heavy (non-hydrogen) atoms. The van der Waals surface area contributed by atoms with E-state index in [4.69, 9.17) is 11.6 Å². The molecule has 5 nitrogen and oxygen atoms in total. The van der Waals surface area contributed by atoms with Gasteiger partial charge in [0.05, 0.1) is 0 Å². The highest BCUT2D eigenvalue weighted by atomic mass is 32.2. The molecule has 0 aliphatic heterocycles. The Kier molecular flexibility index (Phi) is 2.51. The van der Waals surface area contributed by atoms with E-state index >= 15 is 0 Å². The first-order valence-electron chi connectivity index (χ1n) is 4.36. The molecule has 0 bridgehead atoms. The van der Waals surface area contributed by atoms with E-state index in [1.165, 1.54) is 22.8 Å². The van der Waals surface area contributed by atoms with Gasteiger partial charge >= 0.3 is 0 Å². The highest BCUT2D eigenvalue weighted by Crippen LogP contribution is 2.30. The van der Waals surface area contributed by atoms with Gasteiger partial charge in [0.15, 0.2) is 0 Å². The van der Waals surface area contributed by atoms with Crippen molar-refractivity contribution in [3.8, 4) is 0 Å².